The SMILES string of the molecule is Fc1cc2cc(C3CCC(C4CCCCC4)CC3)cc(F)c2c(F)c1C#CC(F)(F)F. The van der Waals surface area contributed by atoms with Crippen LogP contribution in [0.1, 0.15) is 74.8 Å². The Bertz CT molecular complexity index is 1010. The Morgan fingerprint density at radius 3 is 2.03 bits per heavy atom. The van der Waals surface area contributed by atoms with Gasteiger partial charge in [0, 0.05) is 5.92 Å². The molecule has 0 unspecified atom stereocenters. The molecule has 31 heavy (non-hydrogen) atoms. The lowest BCUT2D eigenvalue weighted by Crippen LogP contribution is -2.23. The summed E-state index contributed by atoms with van der Waals surface area (Å²) in [5.74, 6) is 0.400. The van der Waals surface area contributed by atoms with Gasteiger partial charge in [0.1, 0.15) is 11.6 Å². The van der Waals surface area contributed by atoms with Crippen molar-refractivity contribution in [3.05, 3.63) is 46.8 Å². The minimum atomic E-state index is -4.90. The van der Waals surface area contributed by atoms with Gasteiger partial charge in [-0.3, -0.25) is 0 Å². The third-order valence-corrected chi connectivity index (χ3v) is 6.99. The molecule has 0 saturated heterocycles. The fraction of sp³-hybridized carbons (Fsp3) is 0.520. The summed E-state index contributed by atoms with van der Waals surface area (Å²) in [6, 6.07) is 3.69. The summed E-state index contributed by atoms with van der Waals surface area (Å²) in [5, 5.41) is -0.510. The molecule has 2 aromatic carbocycles. The lowest BCUT2D eigenvalue weighted by molar-refractivity contribution is -0.0696. The summed E-state index contributed by atoms with van der Waals surface area (Å²) in [4.78, 5) is 0. The minimum absolute atomic E-state index is 0.0111. The lowest BCUT2D eigenvalue weighted by atomic mass is 9.70. The van der Waals surface area contributed by atoms with Crippen LogP contribution in [0.2, 0.25) is 0 Å². The van der Waals surface area contributed by atoms with E-state index in [1.807, 2.05) is 0 Å². The average Bonchev–Trinajstić information content (AvgIpc) is 2.73. The van der Waals surface area contributed by atoms with E-state index < -0.39 is 34.6 Å². The van der Waals surface area contributed by atoms with Crippen molar-refractivity contribution in [2.24, 2.45) is 11.8 Å². The van der Waals surface area contributed by atoms with Gasteiger partial charge in [0.05, 0.1) is 10.9 Å². The molecule has 0 nitrogen and oxygen atoms in total. The molecule has 166 valence electrons. The summed E-state index contributed by atoms with van der Waals surface area (Å²) >= 11 is 0. The van der Waals surface area contributed by atoms with E-state index in [1.165, 1.54) is 44.1 Å². The summed E-state index contributed by atoms with van der Waals surface area (Å²) in [7, 11) is 0. The number of fused-ring (bicyclic) bond motifs is 1. The minimum Gasteiger partial charge on any atom is -0.206 e. The molecular weight excluding hydrogens is 414 g/mol. The highest BCUT2D eigenvalue weighted by atomic mass is 19.4. The standard InChI is InChI=1S/C25H24F6/c26-21-14-19-12-18(17-8-6-16(7-9-17)15-4-2-1-3-5-15)13-22(27)23(19)24(28)20(21)10-11-25(29,30)31/h12-17H,1-9H2. The van der Waals surface area contributed by atoms with Gasteiger partial charge in [-0.05, 0) is 66.5 Å². The van der Waals surface area contributed by atoms with E-state index in [1.54, 1.807) is 6.07 Å². The number of benzene rings is 2. The van der Waals surface area contributed by atoms with Crippen molar-refractivity contribution in [1.29, 1.82) is 0 Å². The smallest absolute Gasteiger partial charge is 0.206 e. The number of hydrogen-bond acceptors (Lipinski definition) is 0. The third kappa shape index (κ3) is 4.86. The molecule has 0 aliphatic heterocycles. The van der Waals surface area contributed by atoms with E-state index >= 15 is 0 Å². The van der Waals surface area contributed by atoms with Crippen LogP contribution >= 0.6 is 0 Å². The van der Waals surface area contributed by atoms with Crippen molar-refractivity contribution < 1.29 is 26.3 Å². The van der Waals surface area contributed by atoms with Gasteiger partial charge in [0.25, 0.3) is 0 Å². The number of hydrogen-bond donors (Lipinski definition) is 0. The molecule has 0 amide bonds. The fourth-order valence-corrected chi connectivity index (χ4v) is 5.45. The summed E-state index contributed by atoms with van der Waals surface area (Å²) < 4.78 is 80.6. The van der Waals surface area contributed by atoms with Crippen LogP contribution in [0, 0.1) is 41.1 Å². The average molecular weight is 438 g/mol. The van der Waals surface area contributed by atoms with Crippen molar-refractivity contribution in [2.45, 2.75) is 69.9 Å². The highest BCUT2D eigenvalue weighted by molar-refractivity contribution is 5.86. The Morgan fingerprint density at radius 1 is 0.742 bits per heavy atom. The second kappa shape index (κ2) is 8.76. The van der Waals surface area contributed by atoms with Crippen LogP contribution in [0.4, 0.5) is 26.3 Å². The summed E-state index contributed by atoms with van der Waals surface area (Å²) in [6.07, 6.45) is 5.56. The lowest BCUT2D eigenvalue weighted by Gasteiger charge is -2.36. The summed E-state index contributed by atoms with van der Waals surface area (Å²) in [5.41, 5.74) is -0.371. The maximum atomic E-state index is 14.8. The van der Waals surface area contributed by atoms with Gasteiger partial charge in [0.2, 0.25) is 0 Å². The molecule has 2 aromatic rings. The zero-order valence-corrected chi connectivity index (χ0v) is 17.1. The van der Waals surface area contributed by atoms with Crippen LogP contribution < -0.4 is 0 Å². The molecule has 2 aliphatic rings. The van der Waals surface area contributed by atoms with Gasteiger partial charge in [-0.15, -0.1) is 0 Å². The predicted octanol–water partition coefficient (Wildman–Crippen LogP) is 8.03. The zero-order chi connectivity index (χ0) is 22.2. The van der Waals surface area contributed by atoms with E-state index in [0.29, 0.717) is 11.5 Å². The predicted molar refractivity (Wildman–Crippen MR) is 108 cm³/mol. The molecule has 6 heteroatoms. The Labute approximate surface area is 178 Å². The van der Waals surface area contributed by atoms with Crippen LogP contribution in [-0.2, 0) is 0 Å². The fourth-order valence-electron chi connectivity index (χ4n) is 5.45. The van der Waals surface area contributed by atoms with Gasteiger partial charge in [-0.2, -0.15) is 13.2 Å². The van der Waals surface area contributed by atoms with Crippen LogP contribution in [0.25, 0.3) is 10.8 Å². The van der Waals surface area contributed by atoms with Crippen molar-refractivity contribution in [3.63, 3.8) is 0 Å². The maximum absolute atomic E-state index is 14.8. The second-order valence-electron chi connectivity index (χ2n) is 8.91. The van der Waals surface area contributed by atoms with Gasteiger partial charge in [0.15, 0.2) is 5.82 Å². The van der Waals surface area contributed by atoms with Gasteiger partial charge >= 0.3 is 6.18 Å². The van der Waals surface area contributed by atoms with E-state index in [2.05, 4.69) is 0 Å². The van der Waals surface area contributed by atoms with Gasteiger partial charge < -0.3 is 0 Å². The number of rotatable bonds is 2. The molecular formula is C25H24F6. The van der Waals surface area contributed by atoms with Crippen LogP contribution in [0.3, 0.4) is 0 Å². The van der Waals surface area contributed by atoms with E-state index in [0.717, 1.165) is 43.6 Å². The Balaban J connectivity index is 1.59. The molecule has 0 spiro atoms. The van der Waals surface area contributed by atoms with Gasteiger partial charge in [-0.25, -0.2) is 13.2 Å². The number of halogens is 6. The summed E-state index contributed by atoms with van der Waals surface area (Å²) in [6.45, 7) is 0. The molecule has 0 bridgehead atoms. The van der Waals surface area contributed by atoms with Crippen molar-refractivity contribution in [1.82, 2.24) is 0 Å². The van der Waals surface area contributed by atoms with Crippen LogP contribution in [-0.4, -0.2) is 6.18 Å². The second-order valence-corrected chi connectivity index (χ2v) is 8.91. The first kappa shape index (κ1) is 22.0. The molecule has 2 aliphatic carbocycles. The molecule has 0 atom stereocenters. The Kier molecular flexibility index (Phi) is 6.23. The highest BCUT2D eigenvalue weighted by Crippen LogP contribution is 2.43. The first-order chi connectivity index (χ1) is 14.7. The quantitative estimate of drug-likeness (QED) is 0.329. The Morgan fingerprint density at radius 2 is 1.39 bits per heavy atom. The maximum Gasteiger partial charge on any atom is 0.458 e. The molecule has 2 fully saturated rings. The molecule has 2 saturated carbocycles. The number of alkyl halides is 3. The molecule has 4 rings (SSSR count). The topological polar surface area (TPSA) is 0 Å². The first-order valence-corrected chi connectivity index (χ1v) is 10.9. The molecule has 0 N–H and O–H groups in total. The van der Waals surface area contributed by atoms with Gasteiger partial charge in [-0.1, -0.05) is 44.1 Å². The van der Waals surface area contributed by atoms with E-state index in [4.69, 9.17) is 0 Å². The molecule has 0 radical (unpaired) electrons. The first-order valence-electron chi connectivity index (χ1n) is 10.9. The third-order valence-electron chi connectivity index (χ3n) is 6.99. The zero-order valence-electron chi connectivity index (χ0n) is 17.1. The van der Waals surface area contributed by atoms with Crippen molar-refractivity contribution in [2.75, 3.05) is 0 Å². The van der Waals surface area contributed by atoms with Crippen LogP contribution in [0.15, 0.2) is 18.2 Å². The van der Waals surface area contributed by atoms with Crippen molar-refractivity contribution in [3.8, 4) is 11.8 Å². The largest absolute Gasteiger partial charge is 0.458 e. The van der Waals surface area contributed by atoms with E-state index in [9.17, 15) is 26.3 Å². The van der Waals surface area contributed by atoms with Crippen molar-refractivity contribution >= 4 is 10.8 Å². The van der Waals surface area contributed by atoms with Crippen LogP contribution in [0.5, 0.6) is 0 Å². The monoisotopic (exact) mass is 438 g/mol. The molecule has 0 heterocycles. The Hall–Kier alpha value is -2.16. The van der Waals surface area contributed by atoms with E-state index in [-0.39, 0.29) is 11.3 Å². The normalized spacial score (nSPS) is 22.9. The highest BCUT2D eigenvalue weighted by Gasteiger charge is 2.30. The molecule has 0 aromatic heterocycles.